The maximum atomic E-state index is 12.9. The Bertz CT molecular complexity index is 1200. The molecule has 2 aromatic carbocycles. The number of benzene rings is 2. The third kappa shape index (κ3) is 5.96. The molecule has 0 atom stereocenters. The van der Waals surface area contributed by atoms with Crippen molar-refractivity contribution in [3.63, 3.8) is 0 Å². The Morgan fingerprint density at radius 1 is 0.906 bits per heavy atom. The van der Waals surface area contributed by atoms with Gasteiger partial charge in [0.25, 0.3) is 21.8 Å². The fraction of sp³-hybridized carbons (Fsp3) is 0.136. The van der Waals surface area contributed by atoms with Crippen LogP contribution in [0.4, 0.5) is 4.39 Å². The number of nitrogens with zero attached hydrogens (tertiary/aromatic N) is 1. The summed E-state index contributed by atoms with van der Waals surface area (Å²) < 4.78 is 39.8. The van der Waals surface area contributed by atoms with E-state index in [2.05, 4.69) is 10.3 Å². The third-order valence-corrected chi connectivity index (χ3v) is 5.86. The molecule has 0 saturated carbocycles. The van der Waals surface area contributed by atoms with Crippen LogP contribution >= 0.6 is 0 Å². The molecule has 0 bridgehead atoms. The van der Waals surface area contributed by atoms with E-state index in [-0.39, 0.29) is 23.0 Å². The van der Waals surface area contributed by atoms with Crippen LogP contribution < -0.4 is 10.0 Å². The molecule has 166 valence electrons. The largest absolute Gasteiger partial charge is 0.390 e. The molecule has 32 heavy (non-hydrogen) atoms. The summed E-state index contributed by atoms with van der Waals surface area (Å²) in [5.74, 6) is -1.60. The van der Waals surface area contributed by atoms with Crippen molar-refractivity contribution in [1.82, 2.24) is 15.0 Å². The molecule has 3 rings (SSSR count). The first-order valence-electron chi connectivity index (χ1n) is 9.54. The topological polar surface area (TPSA) is 125 Å². The van der Waals surface area contributed by atoms with Gasteiger partial charge in [-0.3, -0.25) is 14.6 Å². The number of nitrogens with one attached hydrogen (secondary N) is 2. The van der Waals surface area contributed by atoms with E-state index in [1.165, 1.54) is 54.7 Å². The maximum Gasteiger partial charge on any atom is 0.266 e. The molecule has 1 heterocycles. The van der Waals surface area contributed by atoms with E-state index in [9.17, 15) is 22.4 Å². The van der Waals surface area contributed by atoms with Gasteiger partial charge in [-0.1, -0.05) is 12.1 Å². The van der Waals surface area contributed by atoms with E-state index in [4.69, 9.17) is 5.11 Å². The van der Waals surface area contributed by atoms with Crippen molar-refractivity contribution in [1.29, 1.82) is 0 Å². The Morgan fingerprint density at radius 2 is 1.56 bits per heavy atom. The lowest BCUT2D eigenvalue weighted by Gasteiger charge is -2.09. The zero-order valence-electron chi connectivity index (χ0n) is 16.8. The molecular weight excluding hydrogens is 437 g/mol. The van der Waals surface area contributed by atoms with Crippen LogP contribution in [-0.4, -0.2) is 36.9 Å². The zero-order chi connectivity index (χ0) is 23.1. The second-order valence-electron chi connectivity index (χ2n) is 6.79. The summed E-state index contributed by atoms with van der Waals surface area (Å²) in [6, 6.07) is 13.9. The van der Waals surface area contributed by atoms with Crippen LogP contribution in [0.3, 0.4) is 0 Å². The SMILES string of the molecule is O=C(NCCc1ccc(S(=O)(=O)NC(=O)c2ccc(CO)nc2)cc1)c1ccc(F)cc1. The number of amides is 2. The number of aliphatic hydroxyl groups is 1. The summed E-state index contributed by atoms with van der Waals surface area (Å²) in [5, 5.41) is 11.7. The summed E-state index contributed by atoms with van der Waals surface area (Å²) in [4.78, 5) is 28.0. The monoisotopic (exact) mass is 457 g/mol. The van der Waals surface area contributed by atoms with Crippen LogP contribution in [0, 0.1) is 5.82 Å². The number of sulfonamides is 1. The molecule has 0 aliphatic heterocycles. The van der Waals surface area contributed by atoms with Gasteiger partial charge in [-0.25, -0.2) is 17.5 Å². The summed E-state index contributed by atoms with van der Waals surface area (Å²) in [7, 11) is -4.09. The maximum absolute atomic E-state index is 12.9. The van der Waals surface area contributed by atoms with Gasteiger partial charge >= 0.3 is 0 Å². The smallest absolute Gasteiger partial charge is 0.266 e. The van der Waals surface area contributed by atoms with Gasteiger partial charge in [0.05, 0.1) is 22.8 Å². The highest BCUT2D eigenvalue weighted by Gasteiger charge is 2.19. The van der Waals surface area contributed by atoms with Crippen molar-refractivity contribution in [2.45, 2.75) is 17.9 Å². The predicted octanol–water partition coefficient (Wildman–Crippen LogP) is 1.80. The van der Waals surface area contributed by atoms with Crippen molar-refractivity contribution in [2.75, 3.05) is 6.54 Å². The summed E-state index contributed by atoms with van der Waals surface area (Å²) >= 11 is 0. The molecule has 1 aromatic heterocycles. The van der Waals surface area contributed by atoms with Crippen LogP contribution in [0.5, 0.6) is 0 Å². The quantitative estimate of drug-likeness (QED) is 0.474. The molecule has 0 aliphatic rings. The number of aromatic nitrogens is 1. The van der Waals surface area contributed by atoms with Crippen molar-refractivity contribution >= 4 is 21.8 Å². The van der Waals surface area contributed by atoms with E-state index in [1.54, 1.807) is 12.1 Å². The van der Waals surface area contributed by atoms with Crippen LogP contribution in [0.2, 0.25) is 0 Å². The minimum atomic E-state index is -4.09. The molecule has 2 amide bonds. The van der Waals surface area contributed by atoms with Crippen LogP contribution in [0.1, 0.15) is 32.0 Å². The van der Waals surface area contributed by atoms with Crippen LogP contribution in [-0.2, 0) is 23.1 Å². The number of hydrogen-bond acceptors (Lipinski definition) is 6. The Morgan fingerprint density at radius 3 is 2.16 bits per heavy atom. The second kappa shape index (κ2) is 10.1. The van der Waals surface area contributed by atoms with Crippen molar-refractivity contribution < 1.29 is 27.5 Å². The Labute approximate surface area is 184 Å². The van der Waals surface area contributed by atoms with E-state index < -0.39 is 21.7 Å². The highest BCUT2D eigenvalue weighted by Crippen LogP contribution is 2.12. The molecule has 10 heteroatoms. The van der Waals surface area contributed by atoms with E-state index in [0.717, 1.165) is 5.56 Å². The van der Waals surface area contributed by atoms with Crippen molar-refractivity contribution in [3.8, 4) is 0 Å². The van der Waals surface area contributed by atoms with E-state index >= 15 is 0 Å². The van der Waals surface area contributed by atoms with E-state index in [1.807, 2.05) is 4.72 Å². The molecule has 0 spiro atoms. The number of carbonyl (C=O) groups is 2. The molecule has 0 radical (unpaired) electrons. The fourth-order valence-corrected chi connectivity index (χ4v) is 3.73. The molecular formula is C22H20FN3O5S. The molecule has 3 N–H and O–H groups in total. The third-order valence-electron chi connectivity index (χ3n) is 4.52. The fourth-order valence-electron chi connectivity index (χ4n) is 2.75. The van der Waals surface area contributed by atoms with Crippen molar-refractivity contribution in [2.24, 2.45) is 0 Å². The minimum absolute atomic E-state index is 0.0410. The number of carbonyl (C=O) groups excluding carboxylic acids is 2. The van der Waals surface area contributed by atoms with Gasteiger partial charge in [-0.05, 0) is 60.5 Å². The first kappa shape index (κ1) is 23.0. The van der Waals surface area contributed by atoms with Crippen LogP contribution in [0.15, 0.2) is 71.8 Å². The normalized spacial score (nSPS) is 11.1. The van der Waals surface area contributed by atoms with Gasteiger partial charge in [0.2, 0.25) is 0 Å². The molecule has 8 nitrogen and oxygen atoms in total. The first-order valence-corrected chi connectivity index (χ1v) is 11.0. The lowest BCUT2D eigenvalue weighted by atomic mass is 10.1. The van der Waals surface area contributed by atoms with Gasteiger partial charge < -0.3 is 10.4 Å². The van der Waals surface area contributed by atoms with Gasteiger partial charge in [0.15, 0.2) is 0 Å². The molecule has 3 aromatic rings. The van der Waals surface area contributed by atoms with Gasteiger partial charge in [0, 0.05) is 18.3 Å². The van der Waals surface area contributed by atoms with Gasteiger partial charge in [-0.2, -0.15) is 0 Å². The lowest BCUT2D eigenvalue weighted by Crippen LogP contribution is -2.30. The molecule has 0 aliphatic carbocycles. The molecule has 0 saturated heterocycles. The number of halogens is 1. The summed E-state index contributed by atoms with van der Waals surface area (Å²) in [6.45, 7) is 0.0122. The van der Waals surface area contributed by atoms with Gasteiger partial charge in [-0.15, -0.1) is 0 Å². The number of rotatable bonds is 8. The number of aliphatic hydroxyl groups excluding tert-OH is 1. The van der Waals surface area contributed by atoms with E-state index in [0.29, 0.717) is 24.2 Å². The van der Waals surface area contributed by atoms with Crippen molar-refractivity contribution in [3.05, 3.63) is 95.1 Å². The van der Waals surface area contributed by atoms with Crippen LogP contribution in [0.25, 0.3) is 0 Å². The Hall–Kier alpha value is -3.63. The number of pyridine rings is 1. The Kier molecular flexibility index (Phi) is 7.29. The summed E-state index contributed by atoms with van der Waals surface area (Å²) in [6.07, 6.45) is 1.63. The lowest BCUT2D eigenvalue weighted by molar-refractivity contribution is 0.0951. The standard InChI is InChI=1S/C22H20FN3O5S/c23-18-6-3-16(4-7-18)21(28)24-12-11-15-1-9-20(10-2-15)32(30,31)26-22(29)17-5-8-19(14-27)25-13-17/h1-10,13,27H,11-12,14H2,(H,24,28)(H,26,29). The number of hydrogen-bond donors (Lipinski definition) is 3. The highest BCUT2D eigenvalue weighted by molar-refractivity contribution is 7.90. The Balaban J connectivity index is 1.55. The zero-order valence-corrected chi connectivity index (χ0v) is 17.6. The highest BCUT2D eigenvalue weighted by atomic mass is 32.2. The first-order chi connectivity index (χ1) is 15.3. The average molecular weight is 457 g/mol. The second-order valence-corrected chi connectivity index (χ2v) is 8.47. The predicted molar refractivity (Wildman–Crippen MR) is 114 cm³/mol. The molecule has 0 fully saturated rings. The minimum Gasteiger partial charge on any atom is -0.390 e. The average Bonchev–Trinajstić information content (AvgIpc) is 2.79. The summed E-state index contributed by atoms with van der Waals surface area (Å²) in [5.41, 5.74) is 1.51. The molecule has 0 unspecified atom stereocenters. The van der Waals surface area contributed by atoms with Gasteiger partial charge in [0.1, 0.15) is 5.82 Å².